The fraction of sp³-hybridized carbons (Fsp3) is 0.200. The molecule has 2 aromatic rings. The van der Waals surface area contributed by atoms with E-state index < -0.39 is 47.8 Å². The smallest absolute Gasteiger partial charge is 0.413 e. The number of fused-ring (bicyclic) bond motifs is 1. The largest absolute Gasteiger partial charge is 0.453 e. The maximum atomic E-state index is 14.3. The van der Waals surface area contributed by atoms with Crippen LogP contribution in [0.15, 0.2) is 40.9 Å². The zero-order valence-corrected chi connectivity index (χ0v) is 17.2. The molecule has 0 spiro atoms. The molecular weight excluding hydrogens is 466 g/mol. The topological polar surface area (TPSA) is 92.8 Å². The van der Waals surface area contributed by atoms with E-state index in [1.165, 1.54) is 18.2 Å². The molecule has 1 aliphatic rings. The maximum absolute atomic E-state index is 14.3. The van der Waals surface area contributed by atoms with Gasteiger partial charge in [-0.2, -0.15) is 0 Å². The standard InChI is InChI=1S/C20H15BrF2N2O5/c1-30-20(29)24-17(26)8-15-14-7-12(22)4-5-13(14)18(27)25(19(15)28)9-10-2-3-11(21)6-16(10)23/h2-7,15H,8-9H2,1H3,(H,24,26,29). The van der Waals surface area contributed by atoms with Crippen molar-refractivity contribution in [2.24, 2.45) is 0 Å². The van der Waals surface area contributed by atoms with Crippen molar-refractivity contribution in [2.75, 3.05) is 7.11 Å². The number of carbonyl (C=O) groups is 4. The number of nitrogens with zero attached hydrogens (tertiary/aromatic N) is 1. The predicted octanol–water partition coefficient (Wildman–Crippen LogP) is 3.27. The lowest BCUT2D eigenvalue weighted by molar-refractivity contribution is -0.134. The summed E-state index contributed by atoms with van der Waals surface area (Å²) >= 11 is 3.13. The molecule has 7 nitrogen and oxygen atoms in total. The maximum Gasteiger partial charge on any atom is 0.413 e. The van der Waals surface area contributed by atoms with Gasteiger partial charge < -0.3 is 4.74 Å². The number of rotatable bonds is 4. The van der Waals surface area contributed by atoms with Gasteiger partial charge in [0.05, 0.1) is 19.6 Å². The Morgan fingerprint density at radius 1 is 1.17 bits per heavy atom. The molecule has 1 atom stereocenters. The third kappa shape index (κ3) is 4.38. The Hall–Kier alpha value is -3.14. The number of benzene rings is 2. The molecule has 0 saturated heterocycles. The first-order valence-electron chi connectivity index (χ1n) is 8.68. The number of hydrogen-bond acceptors (Lipinski definition) is 5. The quantitative estimate of drug-likeness (QED) is 0.677. The van der Waals surface area contributed by atoms with Crippen LogP contribution in [0.1, 0.15) is 33.8 Å². The summed E-state index contributed by atoms with van der Waals surface area (Å²) in [7, 11) is 1.06. The number of ether oxygens (including phenoxy) is 1. The van der Waals surface area contributed by atoms with Crippen LogP contribution in [0.4, 0.5) is 13.6 Å². The molecule has 0 aromatic heterocycles. The highest BCUT2D eigenvalue weighted by molar-refractivity contribution is 9.10. The van der Waals surface area contributed by atoms with Crippen molar-refractivity contribution in [3.8, 4) is 0 Å². The molecule has 156 valence electrons. The average Bonchev–Trinajstić information content (AvgIpc) is 2.69. The zero-order valence-electron chi connectivity index (χ0n) is 15.6. The molecule has 0 fully saturated rings. The van der Waals surface area contributed by atoms with E-state index in [2.05, 4.69) is 20.7 Å². The lowest BCUT2D eigenvalue weighted by Crippen LogP contribution is -2.46. The fourth-order valence-corrected chi connectivity index (χ4v) is 3.48. The van der Waals surface area contributed by atoms with Crippen LogP contribution in [0, 0.1) is 11.6 Å². The Balaban J connectivity index is 1.97. The number of alkyl carbamates (subject to hydrolysis) is 1. The van der Waals surface area contributed by atoms with Gasteiger partial charge in [0.25, 0.3) is 5.91 Å². The first-order valence-corrected chi connectivity index (χ1v) is 9.47. The first-order chi connectivity index (χ1) is 14.2. The number of nitrogens with one attached hydrogen (secondary N) is 1. The molecule has 2 aromatic carbocycles. The van der Waals surface area contributed by atoms with Crippen LogP contribution in [-0.2, 0) is 20.9 Å². The van der Waals surface area contributed by atoms with Gasteiger partial charge in [-0.05, 0) is 35.9 Å². The van der Waals surface area contributed by atoms with Gasteiger partial charge in [0, 0.05) is 22.0 Å². The fourth-order valence-electron chi connectivity index (χ4n) is 3.15. The van der Waals surface area contributed by atoms with E-state index in [-0.39, 0.29) is 23.2 Å². The minimum atomic E-state index is -1.24. The lowest BCUT2D eigenvalue weighted by atomic mass is 9.85. The second kappa shape index (κ2) is 8.70. The van der Waals surface area contributed by atoms with Crippen LogP contribution in [-0.4, -0.2) is 35.8 Å². The van der Waals surface area contributed by atoms with E-state index in [0.717, 1.165) is 24.1 Å². The lowest BCUT2D eigenvalue weighted by Gasteiger charge is -2.32. The van der Waals surface area contributed by atoms with Crippen molar-refractivity contribution in [1.29, 1.82) is 0 Å². The van der Waals surface area contributed by atoms with Gasteiger partial charge >= 0.3 is 6.09 Å². The van der Waals surface area contributed by atoms with Gasteiger partial charge in [0.2, 0.25) is 11.8 Å². The summed E-state index contributed by atoms with van der Waals surface area (Å²) in [5.41, 5.74) is 0.130. The van der Waals surface area contributed by atoms with Crippen LogP contribution in [0.3, 0.4) is 0 Å². The molecule has 0 radical (unpaired) electrons. The van der Waals surface area contributed by atoms with Crippen molar-refractivity contribution in [3.05, 3.63) is 69.2 Å². The average molecular weight is 481 g/mol. The van der Waals surface area contributed by atoms with E-state index in [9.17, 15) is 28.0 Å². The Labute approximate surface area is 178 Å². The highest BCUT2D eigenvalue weighted by Gasteiger charge is 2.40. The molecule has 4 amide bonds. The van der Waals surface area contributed by atoms with Crippen LogP contribution in [0.2, 0.25) is 0 Å². The summed E-state index contributed by atoms with van der Waals surface area (Å²) in [6.07, 6.45) is -1.55. The predicted molar refractivity (Wildman–Crippen MR) is 103 cm³/mol. The Morgan fingerprint density at radius 2 is 1.90 bits per heavy atom. The number of hydrogen-bond donors (Lipinski definition) is 1. The molecule has 30 heavy (non-hydrogen) atoms. The van der Waals surface area contributed by atoms with Gasteiger partial charge in [-0.25, -0.2) is 13.6 Å². The van der Waals surface area contributed by atoms with Gasteiger partial charge in [0.15, 0.2) is 0 Å². The molecule has 0 aliphatic carbocycles. The minimum Gasteiger partial charge on any atom is -0.453 e. The number of imide groups is 2. The number of amides is 4. The van der Waals surface area contributed by atoms with E-state index >= 15 is 0 Å². The second-order valence-corrected chi connectivity index (χ2v) is 7.41. The Bertz CT molecular complexity index is 1060. The first kappa shape index (κ1) is 21.6. The third-order valence-electron chi connectivity index (χ3n) is 4.59. The molecule has 0 bridgehead atoms. The van der Waals surface area contributed by atoms with Crippen LogP contribution < -0.4 is 5.32 Å². The van der Waals surface area contributed by atoms with Crippen LogP contribution in [0.5, 0.6) is 0 Å². The molecule has 1 N–H and O–H groups in total. The molecule has 0 saturated carbocycles. The number of halogens is 3. The van der Waals surface area contributed by atoms with Crippen molar-refractivity contribution in [3.63, 3.8) is 0 Å². The highest BCUT2D eigenvalue weighted by Crippen LogP contribution is 2.33. The van der Waals surface area contributed by atoms with E-state index in [4.69, 9.17) is 0 Å². The molecule has 3 rings (SSSR count). The van der Waals surface area contributed by atoms with Crippen molar-refractivity contribution in [1.82, 2.24) is 10.2 Å². The third-order valence-corrected chi connectivity index (χ3v) is 5.08. The van der Waals surface area contributed by atoms with Crippen molar-refractivity contribution >= 4 is 39.7 Å². The van der Waals surface area contributed by atoms with Gasteiger partial charge in [0.1, 0.15) is 11.6 Å². The van der Waals surface area contributed by atoms with E-state index in [0.29, 0.717) is 4.47 Å². The molecule has 10 heteroatoms. The SMILES string of the molecule is COC(=O)NC(=O)CC1C(=O)N(Cc2ccc(Br)cc2F)C(=O)c2ccc(F)cc21. The minimum absolute atomic E-state index is 0.0180. The van der Waals surface area contributed by atoms with E-state index in [1.807, 2.05) is 5.32 Å². The summed E-state index contributed by atoms with van der Waals surface area (Å²) in [5.74, 6) is -4.95. The summed E-state index contributed by atoms with van der Waals surface area (Å²) in [6.45, 7) is -0.372. The Kier molecular flexibility index (Phi) is 6.25. The van der Waals surface area contributed by atoms with E-state index in [1.54, 1.807) is 6.07 Å². The zero-order chi connectivity index (χ0) is 22.0. The van der Waals surface area contributed by atoms with Crippen LogP contribution >= 0.6 is 15.9 Å². The molecule has 1 unspecified atom stereocenters. The van der Waals surface area contributed by atoms with Gasteiger partial charge in [-0.15, -0.1) is 0 Å². The number of carbonyl (C=O) groups excluding carboxylic acids is 4. The monoisotopic (exact) mass is 480 g/mol. The summed E-state index contributed by atoms with van der Waals surface area (Å²) in [6, 6.07) is 7.42. The molecule has 1 aliphatic heterocycles. The Morgan fingerprint density at radius 3 is 2.57 bits per heavy atom. The molecule has 1 heterocycles. The highest BCUT2D eigenvalue weighted by atomic mass is 79.9. The summed E-state index contributed by atoms with van der Waals surface area (Å²) < 4.78 is 32.9. The van der Waals surface area contributed by atoms with Crippen LogP contribution in [0.25, 0.3) is 0 Å². The van der Waals surface area contributed by atoms with Gasteiger partial charge in [-0.3, -0.25) is 24.6 Å². The number of methoxy groups -OCH3 is 1. The van der Waals surface area contributed by atoms with Crippen molar-refractivity contribution < 1.29 is 32.7 Å². The van der Waals surface area contributed by atoms with Gasteiger partial charge in [-0.1, -0.05) is 22.0 Å². The molecular formula is C20H15BrF2N2O5. The summed E-state index contributed by atoms with van der Waals surface area (Å²) in [5, 5.41) is 1.92. The second-order valence-electron chi connectivity index (χ2n) is 6.49. The summed E-state index contributed by atoms with van der Waals surface area (Å²) in [4.78, 5) is 50.1. The normalized spacial score (nSPS) is 15.6. The van der Waals surface area contributed by atoms with Crippen molar-refractivity contribution in [2.45, 2.75) is 18.9 Å².